The molecule has 31 heavy (non-hydrogen) atoms. The van der Waals surface area contributed by atoms with Crippen LogP contribution in [0.3, 0.4) is 0 Å². The van der Waals surface area contributed by atoms with E-state index in [2.05, 4.69) is 26.1 Å². The van der Waals surface area contributed by atoms with Gasteiger partial charge < -0.3 is 15.2 Å². The summed E-state index contributed by atoms with van der Waals surface area (Å²) in [4.78, 5) is 13.2. The minimum Gasteiger partial charge on any atom is -0.393 e. The first-order valence-corrected chi connectivity index (χ1v) is 13.4. The van der Waals surface area contributed by atoms with Crippen LogP contribution in [0, 0.1) is 52.8 Å². The lowest BCUT2D eigenvalue weighted by atomic mass is 9.51. The summed E-state index contributed by atoms with van der Waals surface area (Å²) in [7, 11) is 0. The van der Waals surface area contributed by atoms with Crippen molar-refractivity contribution in [3.63, 3.8) is 0 Å². The van der Waals surface area contributed by atoms with Crippen molar-refractivity contribution < 1.29 is 14.6 Å². The van der Waals surface area contributed by atoms with Gasteiger partial charge in [0.1, 0.15) is 5.78 Å². The van der Waals surface area contributed by atoms with Crippen LogP contribution in [0.4, 0.5) is 0 Å². The number of aliphatic hydroxyl groups is 1. The Morgan fingerprint density at radius 1 is 0.968 bits per heavy atom. The molecule has 0 bridgehead atoms. The summed E-state index contributed by atoms with van der Waals surface area (Å²) in [6, 6.07) is 0.631. The van der Waals surface area contributed by atoms with E-state index in [1.165, 1.54) is 32.1 Å². The van der Waals surface area contributed by atoms with Gasteiger partial charge in [-0.1, -0.05) is 13.8 Å². The summed E-state index contributed by atoms with van der Waals surface area (Å²) < 4.78 is 6.81. The highest BCUT2D eigenvalue weighted by Gasteiger charge is 2.66. The van der Waals surface area contributed by atoms with Crippen LogP contribution in [0.2, 0.25) is 0 Å². The highest BCUT2D eigenvalue weighted by atomic mass is 16.5. The lowest BCUT2D eigenvalue weighted by Gasteiger charge is -2.52. The summed E-state index contributed by atoms with van der Waals surface area (Å²) in [6.45, 7) is 9.30. The van der Waals surface area contributed by atoms with Gasteiger partial charge in [0.05, 0.1) is 18.3 Å². The van der Waals surface area contributed by atoms with Crippen molar-refractivity contribution in [3.05, 3.63) is 0 Å². The molecule has 4 heteroatoms. The molecule has 2 heterocycles. The van der Waals surface area contributed by atoms with E-state index in [0.717, 1.165) is 38.3 Å². The Hall–Kier alpha value is -0.450. The Morgan fingerprint density at radius 3 is 2.58 bits per heavy atom. The van der Waals surface area contributed by atoms with Gasteiger partial charge in [-0.05, 0) is 106 Å². The number of rotatable bonds is 1. The van der Waals surface area contributed by atoms with Crippen molar-refractivity contribution in [2.24, 2.45) is 52.8 Å². The van der Waals surface area contributed by atoms with Gasteiger partial charge in [-0.3, -0.25) is 4.79 Å². The summed E-state index contributed by atoms with van der Waals surface area (Å²) in [5, 5.41) is 14.2. The molecule has 6 fully saturated rings. The number of hydrogen-bond acceptors (Lipinski definition) is 4. The van der Waals surface area contributed by atoms with Gasteiger partial charge in [-0.15, -0.1) is 0 Å². The topological polar surface area (TPSA) is 58.6 Å². The van der Waals surface area contributed by atoms with Gasteiger partial charge in [-0.25, -0.2) is 0 Å². The summed E-state index contributed by atoms with van der Waals surface area (Å²) in [5.74, 6) is 5.17. The molecule has 0 aromatic rings. The molecular formula is C27H43NO3. The number of nitrogens with one attached hydrogen (secondary N) is 1. The molecule has 174 valence electrons. The van der Waals surface area contributed by atoms with E-state index in [4.69, 9.17) is 4.74 Å². The maximum absolute atomic E-state index is 13.2. The Labute approximate surface area is 188 Å². The highest BCUT2D eigenvalue weighted by Crippen LogP contribution is 2.67. The van der Waals surface area contributed by atoms with Crippen LogP contribution >= 0.6 is 0 Å². The van der Waals surface area contributed by atoms with Gasteiger partial charge in [0.2, 0.25) is 0 Å². The zero-order valence-electron chi connectivity index (χ0n) is 19.8. The molecule has 0 spiro atoms. The standard InChI is InChI=1S/C27H43NO3/c1-15-4-7-24(28-13-15)19-14-31-27(3)20(19)6-5-17-18-11-25(30)23-10-16(29)8-9-26(23,2)21(18)12-22(17)27/h15-24,28-29H,4-14H2,1-3H3. The van der Waals surface area contributed by atoms with Gasteiger partial charge in [-0.2, -0.15) is 0 Å². The van der Waals surface area contributed by atoms with Gasteiger partial charge >= 0.3 is 0 Å². The average Bonchev–Trinajstić information content (AvgIpc) is 3.29. The third kappa shape index (κ3) is 2.99. The molecule has 0 amide bonds. The molecule has 0 radical (unpaired) electrons. The Kier molecular flexibility index (Phi) is 4.95. The van der Waals surface area contributed by atoms with Crippen LogP contribution in [0.1, 0.15) is 78.6 Å². The van der Waals surface area contributed by atoms with E-state index in [0.29, 0.717) is 53.8 Å². The van der Waals surface area contributed by atoms with Crippen LogP contribution in [0.5, 0.6) is 0 Å². The number of fused-ring (bicyclic) bond motifs is 7. The van der Waals surface area contributed by atoms with Crippen molar-refractivity contribution in [1.29, 1.82) is 0 Å². The fourth-order valence-electron chi connectivity index (χ4n) is 9.94. The maximum atomic E-state index is 13.2. The summed E-state index contributed by atoms with van der Waals surface area (Å²) >= 11 is 0. The third-order valence-electron chi connectivity index (χ3n) is 11.7. The first-order chi connectivity index (χ1) is 14.8. The SMILES string of the molecule is CC1CCC(C2COC3(C)C2CCC2C4CC(=O)C5CC(O)CCC5(C)C4CC23)NC1. The average molecular weight is 430 g/mol. The lowest BCUT2D eigenvalue weighted by molar-refractivity contribution is -0.145. The Bertz CT molecular complexity index is 732. The second kappa shape index (κ2) is 7.27. The van der Waals surface area contributed by atoms with Crippen LogP contribution in [-0.4, -0.2) is 41.8 Å². The van der Waals surface area contributed by atoms with E-state index < -0.39 is 0 Å². The predicted octanol–water partition coefficient (Wildman–Crippen LogP) is 4.20. The van der Waals surface area contributed by atoms with E-state index in [1.807, 2.05) is 0 Å². The summed E-state index contributed by atoms with van der Waals surface area (Å²) in [5.41, 5.74) is 0.0975. The number of carbonyl (C=O) groups excluding carboxylic acids is 1. The fraction of sp³-hybridized carbons (Fsp3) is 0.963. The number of carbonyl (C=O) groups is 1. The molecule has 6 aliphatic rings. The predicted molar refractivity (Wildman–Crippen MR) is 120 cm³/mol. The van der Waals surface area contributed by atoms with E-state index in [-0.39, 0.29) is 23.0 Å². The van der Waals surface area contributed by atoms with E-state index in [9.17, 15) is 9.90 Å². The van der Waals surface area contributed by atoms with Gasteiger partial charge in [0.15, 0.2) is 0 Å². The van der Waals surface area contributed by atoms with Crippen molar-refractivity contribution in [3.8, 4) is 0 Å². The normalized spacial score (nSPS) is 58.9. The molecule has 2 N–H and O–H groups in total. The van der Waals surface area contributed by atoms with Gasteiger partial charge in [0.25, 0.3) is 0 Å². The number of piperidine rings is 1. The van der Waals surface area contributed by atoms with E-state index >= 15 is 0 Å². The minimum absolute atomic E-state index is 0.00124. The van der Waals surface area contributed by atoms with Crippen LogP contribution < -0.4 is 5.32 Å². The lowest BCUT2D eigenvalue weighted by Crippen LogP contribution is -2.52. The van der Waals surface area contributed by atoms with Crippen LogP contribution in [0.25, 0.3) is 0 Å². The van der Waals surface area contributed by atoms with Crippen molar-refractivity contribution in [2.75, 3.05) is 13.2 Å². The molecule has 12 atom stereocenters. The van der Waals surface area contributed by atoms with Crippen molar-refractivity contribution in [2.45, 2.75) is 96.3 Å². The quantitative estimate of drug-likeness (QED) is 0.656. The number of hydrogen-bond donors (Lipinski definition) is 2. The molecule has 0 aromatic carbocycles. The number of Topliss-reactive ketones (excluding diaryl/α,β-unsaturated/α-hetero) is 1. The smallest absolute Gasteiger partial charge is 0.136 e. The molecule has 2 saturated heterocycles. The second-order valence-corrected chi connectivity index (χ2v) is 13.0. The van der Waals surface area contributed by atoms with Crippen LogP contribution in [-0.2, 0) is 9.53 Å². The fourth-order valence-corrected chi connectivity index (χ4v) is 9.94. The zero-order chi connectivity index (χ0) is 21.5. The van der Waals surface area contributed by atoms with Crippen molar-refractivity contribution >= 4 is 5.78 Å². The largest absolute Gasteiger partial charge is 0.393 e. The molecule has 2 aliphatic heterocycles. The molecule has 12 unspecified atom stereocenters. The first kappa shape index (κ1) is 21.1. The Balaban J connectivity index is 1.26. The molecule has 4 saturated carbocycles. The van der Waals surface area contributed by atoms with Gasteiger partial charge in [0, 0.05) is 24.3 Å². The monoisotopic (exact) mass is 429 g/mol. The first-order valence-electron chi connectivity index (χ1n) is 13.4. The molecule has 0 aromatic heterocycles. The number of ether oxygens (including phenoxy) is 1. The second-order valence-electron chi connectivity index (χ2n) is 13.0. The molecule has 4 nitrogen and oxygen atoms in total. The minimum atomic E-state index is -0.270. The maximum Gasteiger partial charge on any atom is 0.136 e. The van der Waals surface area contributed by atoms with Crippen LogP contribution in [0.15, 0.2) is 0 Å². The molecule has 4 aliphatic carbocycles. The third-order valence-corrected chi connectivity index (χ3v) is 11.7. The molecule has 6 rings (SSSR count). The molecular weight excluding hydrogens is 386 g/mol. The number of aliphatic hydroxyl groups excluding tert-OH is 1. The number of ketones is 1. The summed E-state index contributed by atoms with van der Waals surface area (Å²) in [6.07, 6.45) is 9.59. The highest BCUT2D eigenvalue weighted by molar-refractivity contribution is 5.83. The zero-order valence-corrected chi connectivity index (χ0v) is 19.8. The Morgan fingerprint density at radius 2 is 1.81 bits per heavy atom. The van der Waals surface area contributed by atoms with Crippen molar-refractivity contribution in [1.82, 2.24) is 5.32 Å². The van der Waals surface area contributed by atoms with E-state index in [1.54, 1.807) is 0 Å².